The fourth-order valence-electron chi connectivity index (χ4n) is 4.76. The zero-order valence-corrected chi connectivity index (χ0v) is 20.5. The number of rotatable bonds is 4. The Labute approximate surface area is 202 Å². The van der Waals surface area contributed by atoms with Crippen molar-refractivity contribution in [3.63, 3.8) is 0 Å². The van der Waals surface area contributed by atoms with Crippen LogP contribution in [0.4, 0.5) is 0 Å². The fraction of sp³-hybridized carbons (Fsp3) is 0.375. The molecule has 2 aliphatic heterocycles. The number of pyridine rings is 1. The van der Waals surface area contributed by atoms with Gasteiger partial charge in [-0.15, -0.1) is 11.3 Å². The Morgan fingerprint density at radius 2 is 1.85 bits per heavy atom. The highest BCUT2D eigenvalue weighted by Gasteiger charge is 2.39. The molecule has 3 aromatic rings. The molecule has 0 unspecified atom stereocenters. The Bertz CT molecular complexity index is 1330. The van der Waals surface area contributed by atoms with Gasteiger partial charge in [-0.3, -0.25) is 14.6 Å². The van der Waals surface area contributed by atoms with Crippen LogP contribution in [0.5, 0.6) is 0 Å². The topological polar surface area (TPSA) is 90.9 Å². The first-order valence-corrected chi connectivity index (χ1v) is 13.7. The molecule has 0 bridgehead atoms. The molecule has 2 aromatic heterocycles. The van der Waals surface area contributed by atoms with Crippen LogP contribution in [0.3, 0.4) is 0 Å². The lowest BCUT2D eigenvalue weighted by Crippen LogP contribution is -2.55. The van der Waals surface area contributed by atoms with E-state index in [1.165, 1.54) is 15.6 Å². The van der Waals surface area contributed by atoms with Gasteiger partial charge in [0.15, 0.2) is 0 Å². The van der Waals surface area contributed by atoms with Crippen LogP contribution in [0.2, 0.25) is 0 Å². The number of nitrogens with zero attached hydrogens (tertiary/aromatic N) is 4. The van der Waals surface area contributed by atoms with Crippen LogP contribution in [0.25, 0.3) is 10.9 Å². The third-order valence-electron chi connectivity index (χ3n) is 6.51. The van der Waals surface area contributed by atoms with Gasteiger partial charge in [0.05, 0.1) is 10.4 Å². The molecular weight excluding hydrogens is 472 g/mol. The number of thiophene rings is 1. The molecule has 2 aliphatic rings. The van der Waals surface area contributed by atoms with Crippen molar-refractivity contribution >= 4 is 44.1 Å². The first-order valence-electron chi connectivity index (χ1n) is 11.3. The number of benzene rings is 1. The molecule has 2 amide bonds. The summed E-state index contributed by atoms with van der Waals surface area (Å²) in [5.74, 6) is -0.201. The summed E-state index contributed by atoms with van der Waals surface area (Å²) in [6, 6.07) is 10.2. The number of likely N-dealkylation sites (tertiary alicyclic amines) is 1. The van der Waals surface area contributed by atoms with Gasteiger partial charge in [-0.2, -0.15) is 4.31 Å². The lowest BCUT2D eigenvalue weighted by Gasteiger charge is -2.36. The molecule has 0 N–H and O–H groups in total. The van der Waals surface area contributed by atoms with E-state index in [-0.39, 0.29) is 29.8 Å². The van der Waals surface area contributed by atoms with E-state index in [4.69, 9.17) is 0 Å². The van der Waals surface area contributed by atoms with Crippen LogP contribution in [0, 0.1) is 6.92 Å². The number of hydrogen-bond donors (Lipinski definition) is 0. The standard InChI is InChI=1S/C24H26N4O4S2/c1-17-15-18-5-2-8-21(22(18)25-16-17)34(31,32)27-12-10-26(11-13-27)23(29)19-6-3-9-28(19)24(30)20-7-4-14-33-20/h2,4-5,7-8,14-16,19H,3,6,9-13H2,1H3/t19-/m0/s1. The first kappa shape index (κ1) is 22.9. The smallest absolute Gasteiger partial charge is 0.264 e. The molecule has 0 radical (unpaired) electrons. The molecule has 8 nitrogen and oxygen atoms in total. The van der Waals surface area contributed by atoms with Crippen LogP contribution >= 0.6 is 11.3 Å². The number of para-hydroxylation sites is 1. The van der Waals surface area contributed by atoms with Gasteiger partial charge in [0.2, 0.25) is 15.9 Å². The second kappa shape index (κ2) is 9.09. The number of aryl methyl sites for hydroxylation is 1. The predicted molar refractivity (Wildman–Crippen MR) is 130 cm³/mol. The van der Waals surface area contributed by atoms with E-state index < -0.39 is 16.1 Å². The van der Waals surface area contributed by atoms with Gasteiger partial charge >= 0.3 is 0 Å². The third kappa shape index (κ3) is 4.10. The van der Waals surface area contributed by atoms with Crippen LogP contribution in [-0.2, 0) is 14.8 Å². The number of amides is 2. The van der Waals surface area contributed by atoms with Crippen molar-refractivity contribution in [2.24, 2.45) is 0 Å². The third-order valence-corrected chi connectivity index (χ3v) is 9.30. The zero-order chi connectivity index (χ0) is 23.9. The highest BCUT2D eigenvalue weighted by Crippen LogP contribution is 2.27. The fourth-order valence-corrected chi connectivity index (χ4v) is 7.02. The van der Waals surface area contributed by atoms with E-state index in [2.05, 4.69) is 4.98 Å². The van der Waals surface area contributed by atoms with Crippen LogP contribution in [0.1, 0.15) is 28.1 Å². The lowest BCUT2D eigenvalue weighted by molar-refractivity contribution is -0.136. The minimum absolute atomic E-state index is 0.0956. The minimum atomic E-state index is -3.75. The molecule has 0 saturated carbocycles. The summed E-state index contributed by atoms with van der Waals surface area (Å²) in [5.41, 5.74) is 1.42. The molecule has 1 aromatic carbocycles. The predicted octanol–water partition coefficient (Wildman–Crippen LogP) is 2.74. The van der Waals surface area contributed by atoms with Crippen molar-refractivity contribution in [2.45, 2.75) is 30.7 Å². The second-order valence-corrected chi connectivity index (χ2v) is 11.6. The van der Waals surface area contributed by atoms with Crippen molar-refractivity contribution in [3.05, 3.63) is 58.4 Å². The van der Waals surface area contributed by atoms with Crippen LogP contribution in [0.15, 0.2) is 52.9 Å². The maximum atomic E-state index is 13.4. The summed E-state index contributed by atoms with van der Waals surface area (Å²) in [6.45, 7) is 3.50. The van der Waals surface area contributed by atoms with Crippen LogP contribution < -0.4 is 0 Å². The Hall–Kier alpha value is -2.82. The molecule has 4 heterocycles. The summed E-state index contributed by atoms with van der Waals surface area (Å²) in [6.07, 6.45) is 3.09. The number of carbonyl (C=O) groups excluding carboxylic acids is 2. The van der Waals surface area contributed by atoms with Crippen molar-refractivity contribution in [1.82, 2.24) is 19.1 Å². The quantitative estimate of drug-likeness (QED) is 0.552. The van der Waals surface area contributed by atoms with E-state index in [1.54, 1.807) is 34.2 Å². The van der Waals surface area contributed by atoms with E-state index in [9.17, 15) is 18.0 Å². The van der Waals surface area contributed by atoms with Gasteiger partial charge in [-0.25, -0.2) is 8.42 Å². The van der Waals surface area contributed by atoms with Gasteiger partial charge < -0.3 is 9.80 Å². The molecule has 5 rings (SSSR count). The number of fused-ring (bicyclic) bond motifs is 1. The summed E-state index contributed by atoms with van der Waals surface area (Å²) < 4.78 is 28.3. The molecule has 0 aliphatic carbocycles. The van der Waals surface area contributed by atoms with E-state index in [0.717, 1.165) is 17.4 Å². The molecule has 178 valence electrons. The maximum Gasteiger partial charge on any atom is 0.264 e. The molecule has 2 saturated heterocycles. The maximum absolute atomic E-state index is 13.4. The Kier molecular flexibility index (Phi) is 6.13. The van der Waals surface area contributed by atoms with Crippen molar-refractivity contribution in [3.8, 4) is 0 Å². The van der Waals surface area contributed by atoms with Gasteiger partial charge in [0, 0.05) is 44.3 Å². The number of aromatic nitrogens is 1. The monoisotopic (exact) mass is 498 g/mol. The number of sulfonamides is 1. The number of hydrogen-bond acceptors (Lipinski definition) is 6. The van der Waals surface area contributed by atoms with Gasteiger partial charge in [-0.1, -0.05) is 18.2 Å². The molecule has 10 heteroatoms. The van der Waals surface area contributed by atoms with Crippen molar-refractivity contribution in [1.29, 1.82) is 0 Å². The van der Waals surface area contributed by atoms with E-state index in [1.807, 2.05) is 30.5 Å². The van der Waals surface area contributed by atoms with Gasteiger partial charge in [0.1, 0.15) is 10.9 Å². The van der Waals surface area contributed by atoms with Gasteiger partial charge in [0.25, 0.3) is 5.91 Å². The van der Waals surface area contributed by atoms with Crippen LogP contribution in [-0.4, -0.2) is 78.1 Å². The average Bonchev–Trinajstić information content (AvgIpc) is 3.55. The first-order chi connectivity index (χ1) is 16.4. The molecule has 0 spiro atoms. The summed E-state index contributed by atoms with van der Waals surface area (Å²) in [5, 5.41) is 2.64. The summed E-state index contributed by atoms with van der Waals surface area (Å²) in [4.78, 5) is 34.7. The minimum Gasteiger partial charge on any atom is -0.338 e. The highest BCUT2D eigenvalue weighted by molar-refractivity contribution is 7.89. The van der Waals surface area contributed by atoms with Crippen molar-refractivity contribution in [2.75, 3.05) is 32.7 Å². The normalized spacial score (nSPS) is 19.6. The number of piperazine rings is 1. The highest BCUT2D eigenvalue weighted by atomic mass is 32.2. The van der Waals surface area contributed by atoms with Crippen molar-refractivity contribution < 1.29 is 18.0 Å². The summed E-state index contributed by atoms with van der Waals surface area (Å²) in [7, 11) is -3.75. The zero-order valence-electron chi connectivity index (χ0n) is 18.9. The largest absolute Gasteiger partial charge is 0.338 e. The molecular formula is C24H26N4O4S2. The Balaban J connectivity index is 1.29. The Morgan fingerprint density at radius 1 is 1.06 bits per heavy atom. The number of carbonyl (C=O) groups is 2. The second-order valence-electron chi connectivity index (χ2n) is 8.70. The Morgan fingerprint density at radius 3 is 2.59 bits per heavy atom. The summed E-state index contributed by atoms with van der Waals surface area (Å²) >= 11 is 1.37. The molecule has 34 heavy (non-hydrogen) atoms. The molecule has 2 fully saturated rings. The van der Waals surface area contributed by atoms with E-state index in [0.29, 0.717) is 36.4 Å². The molecule has 1 atom stereocenters. The van der Waals surface area contributed by atoms with E-state index >= 15 is 0 Å². The average molecular weight is 499 g/mol. The lowest BCUT2D eigenvalue weighted by atomic mass is 10.1. The van der Waals surface area contributed by atoms with Gasteiger partial charge in [-0.05, 0) is 48.9 Å². The SMILES string of the molecule is Cc1cnc2c(S(=O)(=O)N3CCN(C(=O)[C@@H]4CCCN4C(=O)c4cccs4)CC3)cccc2c1.